The van der Waals surface area contributed by atoms with Gasteiger partial charge >= 0.3 is 0 Å². The van der Waals surface area contributed by atoms with Crippen LogP contribution in [0.3, 0.4) is 0 Å². The lowest BCUT2D eigenvalue weighted by atomic mass is 10.4. The fraction of sp³-hybridized carbons (Fsp3) is 0. The lowest BCUT2D eigenvalue weighted by Crippen LogP contribution is -2.15. The van der Waals surface area contributed by atoms with E-state index >= 15 is 0 Å². The third kappa shape index (κ3) is 4.05. The van der Waals surface area contributed by atoms with E-state index in [1.54, 1.807) is 0 Å². The molecule has 4 heteroatoms. The van der Waals surface area contributed by atoms with E-state index in [1.807, 2.05) is 24.3 Å². The Kier molecular flexibility index (Phi) is 5.93. The van der Waals surface area contributed by atoms with Gasteiger partial charge in [0.15, 0.2) is 16.8 Å². The van der Waals surface area contributed by atoms with Gasteiger partial charge in [0, 0.05) is 10.6 Å². The lowest BCUT2D eigenvalue weighted by molar-refractivity contribution is 1.72. The Morgan fingerprint density at radius 2 is 0.821 bits per heavy atom. The SMILES string of the molecule is S=P(N=[P+](c1ccccc1)c1ccccc1)(c1ccccc1)c1ccccc1. The van der Waals surface area contributed by atoms with Gasteiger partial charge in [-0.25, -0.2) is 0 Å². The van der Waals surface area contributed by atoms with Crippen molar-refractivity contribution in [2.75, 3.05) is 0 Å². The van der Waals surface area contributed by atoms with Crippen molar-refractivity contribution in [2.45, 2.75) is 0 Å². The topological polar surface area (TPSA) is 12.4 Å². The summed E-state index contributed by atoms with van der Waals surface area (Å²) >= 11 is 6.37. The standard InChI is InChI=1S/C24H20NP2S/c28-27(23-17-9-3-10-18-23,24-19-11-4-12-20-24)25-26(21-13-5-1-6-14-21)22-15-7-2-8-16-22/h1-20H/q+1. The Hall–Kier alpha value is -2.37. The van der Waals surface area contributed by atoms with Crippen LogP contribution in [0.25, 0.3) is 0 Å². The number of benzene rings is 4. The third-order valence-electron chi connectivity index (χ3n) is 4.43. The van der Waals surface area contributed by atoms with Gasteiger partial charge in [-0.1, -0.05) is 113 Å². The highest BCUT2D eigenvalue weighted by Crippen LogP contribution is 2.51. The van der Waals surface area contributed by atoms with E-state index in [-0.39, 0.29) is 0 Å². The van der Waals surface area contributed by atoms with Gasteiger partial charge in [-0.15, -0.1) is 0 Å². The molecule has 0 saturated carbocycles. The fourth-order valence-corrected chi connectivity index (χ4v) is 9.73. The fourth-order valence-electron chi connectivity index (χ4n) is 3.03. The Bertz CT molecular complexity index is 1030. The molecule has 28 heavy (non-hydrogen) atoms. The molecule has 0 heterocycles. The lowest BCUT2D eigenvalue weighted by Gasteiger charge is -2.15. The Morgan fingerprint density at radius 1 is 0.500 bits per heavy atom. The zero-order valence-electron chi connectivity index (χ0n) is 15.3. The monoisotopic (exact) mass is 416 g/mol. The highest BCUT2D eigenvalue weighted by molar-refractivity contribution is 8.22. The van der Waals surface area contributed by atoms with Gasteiger partial charge < -0.3 is 0 Å². The molecule has 4 rings (SSSR count). The first-order chi connectivity index (χ1) is 13.8. The predicted molar refractivity (Wildman–Crippen MR) is 128 cm³/mol. The molecule has 0 N–H and O–H groups in total. The highest BCUT2D eigenvalue weighted by Gasteiger charge is 2.30. The number of hydrogen-bond acceptors (Lipinski definition) is 1. The first kappa shape index (κ1) is 19.0. The molecule has 0 atom stereocenters. The van der Waals surface area contributed by atoms with Crippen LogP contribution >= 0.6 is 13.9 Å². The van der Waals surface area contributed by atoms with Crippen LogP contribution in [-0.2, 0) is 11.8 Å². The van der Waals surface area contributed by atoms with E-state index < -0.39 is 13.9 Å². The van der Waals surface area contributed by atoms with Crippen molar-refractivity contribution >= 4 is 46.9 Å². The van der Waals surface area contributed by atoms with Gasteiger partial charge in [-0.05, 0) is 24.3 Å². The predicted octanol–water partition coefficient (Wildman–Crippen LogP) is 5.35. The van der Waals surface area contributed by atoms with Crippen molar-refractivity contribution < 1.29 is 0 Å². The van der Waals surface area contributed by atoms with Crippen LogP contribution in [-0.4, -0.2) is 0 Å². The van der Waals surface area contributed by atoms with Crippen molar-refractivity contribution in [1.29, 1.82) is 0 Å². The molecule has 0 fully saturated rings. The van der Waals surface area contributed by atoms with Crippen LogP contribution < -0.4 is 21.2 Å². The van der Waals surface area contributed by atoms with Crippen LogP contribution in [0, 0.1) is 0 Å². The number of hydrogen-bond donors (Lipinski definition) is 0. The Balaban J connectivity index is 1.99. The Morgan fingerprint density at radius 3 is 1.18 bits per heavy atom. The summed E-state index contributed by atoms with van der Waals surface area (Å²) in [6.45, 7) is 0. The molecule has 4 aromatic carbocycles. The minimum atomic E-state index is -2.32. The molecule has 0 saturated heterocycles. The zero-order valence-corrected chi connectivity index (χ0v) is 17.9. The minimum absolute atomic E-state index is 0.916. The maximum Gasteiger partial charge on any atom is 0.281 e. The van der Waals surface area contributed by atoms with Gasteiger partial charge in [-0.2, -0.15) is 0 Å². The van der Waals surface area contributed by atoms with E-state index in [4.69, 9.17) is 16.3 Å². The van der Waals surface area contributed by atoms with Gasteiger partial charge in [0.2, 0.25) is 0 Å². The van der Waals surface area contributed by atoms with Crippen molar-refractivity contribution in [1.82, 2.24) is 0 Å². The van der Waals surface area contributed by atoms with E-state index in [0.29, 0.717) is 0 Å². The molecule has 0 spiro atoms. The van der Waals surface area contributed by atoms with Gasteiger partial charge in [-0.3, -0.25) is 0 Å². The second kappa shape index (κ2) is 8.76. The summed E-state index contributed by atoms with van der Waals surface area (Å²) in [5, 5.41) is 4.72. The van der Waals surface area contributed by atoms with Crippen LogP contribution in [0.15, 0.2) is 126 Å². The van der Waals surface area contributed by atoms with E-state index in [0.717, 1.165) is 10.6 Å². The number of nitrogens with zero attached hydrogens (tertiary/aromatic N) is 1. The quantitative estimate of drug-likeness (QED) is 0.400. The van der Waals surface area contributed by atoms with Gasteiger partial charge in [0.05, 0.1) is 0 Å². The van der Waals surface area contributed by atoms with Gasteiger partial charge in [0.25, 0.3) is 7.71 Å². The number of rotatable bonds is 5. The molecule has 0 aliphatic heterocycles. The van der Waals surface area contributed by atoms with Crippen molar-refractivity contribution in [3.63, 3.8) is 0 Å². The molecular formula is C24H20NP2S+. The molecule has 0 aliphatic carbocycles. The average molecular weight is 416 g/mol. The van der Waals surface area contributed by atoms with E-state index in [9.17, 15) is 0 Å². The summed E-state index contributed by atoms with van der Waals surface area (Å²) in [5.74, 6) is 0. The normalized spacial score (nSPS) is 11.0. The summed E-state index contributed by atoms with van der Waals surface area (Å²) in [5.41, 5.74) is 0. The molecule has 0 aliphatic rings. The molecule has 0 aromatic heterocycles. The average Bonchev–Trinajstić information content (AvgIpc) is 2.80. The molecule has 0 amide bonds. The summed E-state index contributed by atoms with van der Waals surface area (Å²) in [4.78, 5) is 0. The molecule has 0 radical (unpaired) electrons. The van der Waals surface area contributed by atoms with Crippen LogP contribution in [0.2, 0.25) is 0 Å². The molecule has 0 unspecified atom stereocenters. The zero-order chi connectivity index (χ0) is 19.2. The minimum Gasteiger partial charge on any atom is -0.0622 e. The molecule has 4 aromatic rings. The third-order valence-corrected chi connectivity index (χ3v) is 11.6. The summed E-state index contributed by atoms with van der Waals surface area (Å²) < 4.78 is 5.48. The van der Waals surface area contributed by atoms with Crippen LogP contribution in [0.4, 0.5) is 0 Å². The van der Waals surface area contributed by atoms with Crippen molar-refractivity contribution in [3.05, 3.63) is 121 Å². The first-order valence-electron chi connectivity index (χ1n) is 9.12. The van der Waals surface area contributed by atoms with Crippen molar-refractivity contribution in [2.24, 2.45) is 4.52 Å². The van der Waals surface area contributed by atoms with Crippen LogP contribution in [0.5, 0.6) is 0 Å². The van der Waals surface area contributed by atoms with Gasteiger partial charge in [0.1, 0.15) is 0 Å². The summed E-state index contributed by atoms with van der Waals surface area (Å²) in [6, 6.07) is 41.9. The van der Waals surface area contributed by atoms with Crippen LogP contribution in [0.1, 0.15) is 0 Å². The molecule has 0 bridgehead atoms. The Labute approximate surface area is 172 Å². The maximum absolute atomic E-state index is 6.37. The smallest absolute Gasteiger partial charge is 0.0622 e. The first-order valence-corrected chi connectivity index (χ1v) is 13.2. The second-order valence-electron chi connectivity index (χ2n) is 6.32. The second-order valence-corrected chi connectivity index (χ2v) is 12.5. The largest absolute Gasteiger partial charge is 0.281 e. The highest BCUT2D eigenvalue weighted by atomic mass is 32.4. The maximum atomic E-state index is 6.37. The molecule has 136 valence electrons. The van der Waals surface area contributed by atoms with Crippen molar-refractivity contribution in [3.8, 4) is 0 Å². The molecule has 1 nitrogen and oxygen atoms in total. The summed E-state index contributed by atoms with van der Waals surface area (Å²) in [7, 11) is -0.916. The van der Waals surface area contributed by atoms with E-state index in [1.165, 1.54) is 10.6 Å². The van der Waals surface area contributed by atoms with E-state index in [2.05, 4.69) is 97.1 Å². The summed E-state index contributed by atoms with van der Waals surface area (Å²) in [6.07, 6.45) is -2.32. The molecular weight excluding hydrogens is 396 g/mol.